The highest BCUT2D eigenvalue weighted by Crippen LogP contribution is 2.32. The largest absolute Gasteiger partial charge is 0.454 e. The summed E-state index contributed by atoms with van der Waals surface area (Å²) >= 11 is 0. The van der Waals surface area contributed by atoms with Crippen LogP contribution in [0, 0.1) is 0 Å². The molecule has 1 amide bonds. The first kappa shape index (κ1) is 13.7. The van der Waals surface area contributed by atoms with Crippen LogP contribution in [0.3, 0.4) is 0 Å². The van der Waals surface area contributed by atoms with Crippen molar-refractivity contribution in [1.29, 1.82) is 0 Å². The third-order valence-electron chi connectivity index (χ3n) is 3.19. The van der Waals surface area contributed by atoms with Crippen molar-refractivity contribution in [2.45, 2.75) is 12.8 Å². The molecule has 1 heterocycles. The summed E-state index contributed by atoms with van der Waals surface area (Å²) in [6.45, 7) is 1.72. The van der Waals surface area contributed by atoms with Crippen LogP contribution in [0.4, 0.5) is 0 Å². The molecular weight excluding hydrogens is 244 g/mol. The lowest BCUT2D eigenvalue weighted by atomic mass is 10.1. The summed E-state index contributed by atoms with van der Waals surface area (Å²) < 4.78 is 10.6. The number of nitrogens with zero attached hydrogens (tertiary/aromatic N) is 1. The van der Waals surface area contributed by atoms with E-state index in [-0.39, 0.29) is 5.91 Å². The summed E-state index contributed by atoms with van der Waals surface area (Å²) in [6.07, 6.45) is 1.35. The Hall–Kier alpha value is -1.75. The molecule has 1 aliphatic heterocycles. The first-order chi connectivity index (χ1) is 9.20. The summed E-state index contributed by atoms with van der Waals surface area (Å²) in [5.41, 5.74) is 1.15. The number of rotatable bonds is 6. The second-order valence-corrected chi connectivity index (χ2v) is 4.61. The minimum absolute atomic E-state index is 0.162. The van der Waals surface area contributed by atoms with E-state index in [9.17, 15) is 4.79 Å². The van der Waals surface area contributed by atoms with Crippen LogP contribution >= 0.6 is 0 Å². The summed E-state index contributed by atoms with van der Waals surface area (Å²) in [6, 6.07) is 5.91. The van der Waals surface area contributed by atoms with Crippen molar-refractivity contribution in [1.82, 2.24) is 10.2 Å². The van der Waals surface area contributed by atoms with E-state index < -0.39 is 0 Å². The fraction of sp³-hybridized carbons (Fsp3) is 0.500. The van der Waals surface area contributed by atoms with Crippen molar-refractivity contribution in [3.05, 3.63) is 23.8 Å². The predicted octanol–water partition coefficient (Wildman–Crippen LogP) is 1.03. The molecule has 1 aromatic rings. The smallest absolute Gasteiger partial charge is 0.231 e. The third kappa shape index (κ3) is 3.61. The fourth-order valence-electron chi connectivity index (χ4n) is 1.94. The minimum atomic E-state index is 0.162. The van der Waals surface area contributed by atoms with E-state index in [0.29, 0.717) is 26.3 Å². The van der Waals surface area contributed by atoms with Gasteiger partial charge in [-0.15, -0.1) is 0 Å². The zero-order valence-corrected chi connectivity index (χ0v) is 11.4. The van der Waals surface area contributed by atoms with Gasteiger partial charge < -0.3 is 19.7 Å². The first-order valence-electron chi connectivity index (χ1n) is 6.48. The van der Waals surface area contributed by atoms with Crippen molar-refractivity contribution in [3.8, 4) is 11.5 Å². The van der Waals surface area contributed by atoms with Gasteiger partial charge in [-0.3, -0.25) is 4.79 Å². The van der Waals surface area contributed by atoms with E-state index >= 15 is 0 Å². The van der Waals surface area contributed by atoms with Crippen LogP contribution in [0.2, 0.25) is 0 Å². The van der Waals surface area contributed by atoms with Crippen molar-refractivity contribution in [2.24, 2.45) is 0 Å². The Labute approximate surface area is 113 Å². The molecule has 0 aliphatic carbocycles. The summed E-state index contributed by atoms with van der Waals surface area (Å²) in [7, 11) is 3.69. The van der Waals surface area contributed by atoms with Crippen LogP contribution in [0.15, 0.2) is 18.2 Å². The number of carbonyl (C=O) groups is 1. The summed E-state index contributed by atoms with van der Waals surface area (Å²) in [5.74, 6) is 1.75. The van der Waals surface area contributed by atoms with Gasteiger partial charge in [-0.2, -0.15) is 0 Å². The summed E-state index contributed by atoms with van der Waals surface area (Å²) in [4.78, 5) is 13.5. The van der Waals surface area contributed by atoms with Crippen LogP contribution in [-0.2, 0) is 11.2 Å². The summed E-state index contributed by atoms with van der Waals surface area (Å²) in [5, 5.41) is 2.98. The minimum Gasteiger partial charge on any atom is -0.454 e. The Kier molecular flexibility index (Phi) is 4.63. The molecule has 1 N–H and O–H groups in total. The van der Waals surface area contributed by atoms with Gasteiger partial charge in [0.1, 0.15) is 0 Å². The second kappa shape index (κ2) is 6.43. The molecule has 0 spiro atoms. The Morgan fingerprint density at radius 3 is 2.95 bits per heavy atom. The van der Waals surface area contributed by atoms with E-state index in [1.807, 2.05) is 32.3 Å². The van der Waals surface area contributed by atoms with Gasteiger partial charge in [0.15, 0.2) is 11.5 Å². The Morgan fingerprint density at radius 2 is 2.16 bits per heavy atom. The standard InChI is InChI=1S/C14H20N2O3/c1-15-7-5-14(17)16(2)8-6-11-3-4-12-13(9-11)19-10-18-12/h3-4,9,15H,5-8,10H2,1-2H3. The SMILES string of the molecule is CNCCC(=O)N(C)CCc1ccc2c(c1)OCO2. The maximum Gasteiger partial charge on any atom is 0.231 e. The van der Waals surface area contributed by atoms with Crippen LogP contribution in [0.5, 0.6) is 11.5 Å². The van der Waals surface area contributed by atoms with Gasteiger partial charge in [0.2, 0.25) is 12.7 Å². The van der Waals surface area contributed by atoms with Gasteiger partial charge in [0.25, 0.3) is 0 Å². The molecule has 0 saturated heterocycles. The quantitative estimate of drug-likeness (QED) is 0.833. The van der Waals surface area contributed by atoms with Crippen molar-refractivity contribution >= 4 is 5.91 Å². The number of benzene rings is 1. The number of hydrogen-bond acceptors (Lipinski definition) is 4. The molecule has 19 heavy (non-hydrogen) atoms. The number of ether oxygens (including phenoxy) is 2. The number of hydrogen-bond donors (Lipinski definition) is 1. The molecule has 5 nitrogen and oxygen atoms in total. The van der Waals surface area contributed by atoms with Crippen LogP contribution < -0.4 is 14.8 Å². The molecule has 0 bridgehead atoms. The van der Waals surface area contributed by atoms with E-state index in [4.69, 9.17) is 9.47 Å². The fourth-order valence-corrected chi connectivity index (χ4v) is 1.94. The number of amides is 1. The second-order valence-electron chi connectivity index (χ2n) is 4.61. The van der Waals surface area contributed by atoms with Gasteiger partial charge in [0, 0.05) is 26.6 Å². The highest BCUT2D eigenvalue weighted by atomic mass is 16.7. The average molecular weight is 264 g/mol. The molecule has 1 aromatic carbocycles. The number of fused-ring (bicyclic) bond motifs is 1. The molecule has 0 saturated carbocycles. The highest BCUT2D eigenvalue weighted by molar-refractivity contribution is 5.76. The molecular formula is C14H20N2O3. The third-order valence-corrected chi connectivity index (χ3v) is 3.19. The molecule has 0 aromatic heterocycles. The Balaban J connectivity index is 1.83. The topological polar surface area (TPSA) is 50.8 Å². The van der Waals surface area contributed by atoms with E-state index in [1.54, 1.807) is 4.90 Å². The monoisotopic (exact) mass is 264 g/mol. The van der Waals surface area contributed by atoms with Gasteiger partial charge >= 0.3 is 0 Å². The Morgan fingerprint density at radius 1 is 1.37 bits per heavy atom. The molecule has 0 fully saturated rings. The molecule has 0 radical (unpaired) electrons. The van der Waals surface area contributed by atoms with E-state index in [2.05, 4.69) is 5.32 Å². The molecule has 2 rings (SSSR count). The van der Waals surface area contributed by atoms with Crippen molar-refractivity contribution in [3.63, 3.8) is 0 Å². The molecule has 0 unspecified atom stereocenters. The van der Waals surface area contributed by atoms with Gasteiger partial charge in [-0.1, -0.05) is 6.07 Å². The van der Waals surface area contributed by atoms with Gasteiger partial charge in [-0.05, 0) is 31.2 Å². The lowest BCUT2D eigenvalue weighted by molar-refractivity contribution is -0.129. The predicted molar refractivity (Wildman–Crippen MR) is 72.4 cm³/mol. The van der Waals surface area contributed by atoms with E-state index in [1.165, 1.54) is 0 Å². The molecule has 1 aliphatic rings. The first-order valence-corrected chi connectivity index (χ1v) is 6.48. The number of likely N-dealkylation sites (N-methyl/N-ethyl adjacent to an activating group) is 1. The normalized spacial score (nSPS) is 12.5. The van der Waals surface area contributed by atoms with Crippen LogP contribution in [0.25, 0.3) is 0 Å². The number of nitrogens with one attached hydrogen (secondary N) is 1. The zero-order valence-electron chi connectivity index (χ0n) is 11.4. The zero-order chi connectivity index (χ0) is 13.7. The van der Waals surface area contributed by atoms with Crippen LogP contribution in [0.1, 0.15) is 12.0 Å². The maximum atomic E-state index is 11.8. The number of carbonyl (C=O) groups excluding carboxylic acids is 1. The molecule has 5 heteroatoms. The Bertz CT molecular complexity index is 448. The molecule has 104 valence electrons. The average Bonchev–Trinajstić information content (AvgIpc) is 2.89. The maximum absolute atomic E-state index is 11.8. The van der Waals surface area contributed by atoms with Gasteiger partial charge in [0.05, 0.1) is 0 Å². The van der Waals surface area contributed by atoms with Crippen molar-refractivity contribution in [2.75, 3.05) is 34.0 Å². The van der Waals surface area contributed by atoms with Gasteiger partial charge in [-0.25, -0.2) is 0 Å². The lowest BCUT2D eigenvalue weighted by Gasteiger charge is -2.17. The van der Waals surface area contributed by atoms with E-state index in [0.717, 1.165) is 23.5 Å². The molecule has 0 atom stereocenters. The highest BCUT2D eigenvalue weighted by Gasteiger charge is 2.14. The lowest BCUT2D eigenvalue weighted by Crippen LogP contribution is -2.30. The van der Waals surface area contributed by atoms with Crippen molar-refractivity contribution < 1.29 is 14.3 Å². The van der Waals surface area contributed by atoms with Crippen LogP contribution in [-0.4, -0.2) is 44.8 Å².